The van der Waals surface area contributed by atoms with Crippen molar-refractivity contribution in [1.82, 2.24) is 0 Å². The van der Waals surface area contributed by atoms with Crippen LogP contribution in [-0.4, -0.2) is 13.2 Å². The van der Waals surface area contributed by atoms with Crippen molar-refractivity contribution in [2.24, 2.45) is 0 Å². The Balaban J connectivity index is 2.06. The Kier molecular flexibility index (Phi) is 4.40. The molecular formula is C20H22O2S. The van der Waals surface area contributed by atoms with E-state index in [9.17, 15) is 8.42 Å². The molecule has 0 bridgehead atoms. The van der Waals surface area contributed by atoms with Gasteiger partial charge < -0.3 is 0 Å². The van der Waals surface area contributed by atoms with Crippen LogP contribution in [0.3, 0.4) is 0 Å². The van der Waals surface area contributed by atoms with Gasteiger partial charge in [0.05, 0.1) is 9.64 Å². The minimum atomic E-state index is -3.43. The molecule has 0 saturated heterocycles. The minimum Gasteiger partial charge on any atom is -0.223 e. The normalized spacial score (nSPS) is 21.3. The van der Waals surface area contributed by atoms with E-state index in [0.29, 0.717) is 17.7 Å². The Morgan fingerprint density at radius 3 is 2.30 bits per heavy atom. The quantitative estimate of drug-likeness (QED) is 0.776. The van der Waals surface area contributed by atoms with E-state index in [1.54, 1.807) is 12.1 Å². The van der Waals surface area contributed by atoms with Gasteiger partial charge in [0, 0.05) is 0 Å². The van der Waals surface area contributed by atoms with Crippen molar-refractivity contribution in [1.29, 1.82) is 0 Å². The molecule has 23 heavy (non-hydrogen) atoms. The lowest BCUT2D eigenvalue weighted by atomic mass is 9.89. The zero-order valence-electron chi connectivity index (χ0n) is 13.4. The number of rotatable bonds is 4. The summed E-state index contributed by atoms with van der Waals surface area (Å²) in [5.41, 5.74) is 2.13. The van der Waals surface area contributed by atoms with Crippen molar-refractivity contribution < 1.29 is 8.42 Å². The Hall–Kier alpha value is -1.87. The van der Waals surface area contributed by atoms with Crippen LogP contribution < -0.4 is 0 Å². The second-order valence-electron chi connectivity index (χ2n) is 6.34. The van der Waals surface area contributed by atoms with Gasteiger partial charge in [-0.15, -0.1) is 0 Å². The van der Waals surface area contributed by atoms with Gasteiger partial charge in [-0.25, -0.2) is 8.42 Å². The van der Waals surface area contributed by atoms with Gasteiger partial charge in [0.25, 0.3) is 0 Å². The highest BCUT2D eigenvalue weighted by Crippen LogP contribution is 2.38. The summed E-state index contributed by atoms with van der Waals surface area (Å²) in [7, 11) is -3.43. The summed E-state index contributed by atoms with van der Waals surface area (Å²) in [5.74, 6) is 0. The van der Waals surface area contributed by atoms with Gasteiger partial charge in [0.15, 0.2) is 9.84 Å². The third-order valence-corrected chi connectivity index (χ3v) is 7.05. The van der Waals surface area contributed by atoms with Crippen LogP contribution in [0.15, 0.2) is 71.6 Å². The van der Waals surface area contributed by atoms with Crippen molar-refractivity contribution in [2.45, 2.75) is 42.2 Å². The third kappa shape index (κ3) is 3.11. The molecule has 0 aromatic heterocycles. The van der Waals surface area contributed by atoms with Crippen molar-refractivity contribution in [3.05, 3.63) is 77.9 Å². The molecule has 2 nitrogen and oxygen atoms in total. The maximum atomic E-state index is 13.4. The summed E-state index contributed by atoms with van der Waals surface area (Å²) in [5, 5.41) is 0. The van der Waals surface area contributed by atoms with Crippen molar-refractivity contribution >= 4 is 9.84 Å². The SMILES string of the molecule is Cc1ccc(S(=O)(=O)[C@]2(Cc3ccccc3)C=CCCC2)cc1. The molecule has 0 fully saturated rings. The van der Waals surface area contributed by atoms with E-state index in [4.69, 9.17) is 0 Å². The average Bonchev–Trinajstić information content (AvgIpc) is 2.57. The first kappa shape index (κ1) is 16.0. The molecule has 1 aliphatic carbocycles. The fourth-order valence-corrected chi connectivity index (χ4v) is 5.27. The van der Waals surface area contributed by atoms with Crippen LogP contribution in [0.4, 0.5) is 0 Å². The first-order valence-corrected chi connectivity index (χ1v) is 9.55. The number of hydrogen-bond donors (Lipinski definition) is 0. The lowest BCUT2D eigenvalue weighted by Crippen LogP contribution is -2.40. The zero-order valence-corrected chi connectivity index (χ0v) is 14.2. The van der Waals surface area contributed by atoms with Crippen molar-refractivity contribution in [3.63, 3.8) is 0 Å². The predicted molar refractivity (Wildman–Crippen MR) is 94.2 cm³/mol. The number of allylic oxidation sites excluding steroid dienone is 1. The minimum absolute atomic E-state index is 0.422. The lowest BCUT2D eigenvalue weighted by Gasteiger charge is -2.33. The second-order valence-corrected chi connectivity index (χ2v) is 8.63. The van der Waals surface area contributed by atoms with Gasteiger partial charge in [0.2, 0.25) is 0 Å². The van der Waals surface area contributed by atoms with Gasteiger partial charge in [-0.05, 0) is 50.3 Å². The van der Waals surface area contributed by atoms with E-state index in [1.165, 1.54) is 0 Å². The summed E-state index contributed by atoms with van der Waals surface area (Å²) in [6.07, 6.45) is 7.03. The van der Waals surface area contributed by atoms with Crippen molar-refractivity contribution in [3.8, 4) is 0 Å². The smallest absolute Gasteiger partial charge is 0.187 e. The summed E-state index contributed by atoms with van der Waals surface area (Å²) >= 11 is 0. The number of aryl methyl sites for hydroxylation is 1. The molecule has 0 heterocycles. The van der Waals surface area contributed by atoms with E-state index >= 15 is 0 Å². The van der Waals surface area contributed by atoms with Gasteiger partial charge in [0.1, 0.15) is 0 Å². The van der Waals surface area contributed by atoms with Crippen LogP contribution in [0, 0.1) is 6.92 Å². The molecule has 3 heteroatoms. The number of sulfone groups is 1. The lowest BCUT2D eigenvalue weighted by molar-refractivity contribution is 0.508. The van der Waals surface area contributed by atoms with Crippen LogP contribution in [0.1, 0.15) is 30.4 Å². The topological polar surface area (TPSA) is 34.1 Å². The summed E-state index contributed by atoms with van der Waals surface area (Å²) in [6.45, 7) is 1.97. The van der Waals surface area contributed by atoms with Gasteiger partial charge in [-0.3, -0.25) is 0 Å². The highest BCUT2D eigenvalue weighted by Gasteiger charge is 2.43. The standard InChI is InChI=1S/C20H22O2S/c1-17-10-12-19(13-11-17)23(21,22)20(14-6-3-7-15-20)16-18-8-4-2-5-9-18/h2,4-6,8-14H,3,7,15-16H2,1H3/t20-/m1/s1. The van der Waals surface area contributed by atoms with Crippen LogP contribution in [-0.2, 0) is 16.3 Å². The first-order chi connectivity index (χ1) is 11.0. The summed E-state index contributed by atoms with van der Waals surface area (Å²) in [4.78, 5) is 0.422. The molecular weight excluding hydrogens is 304 g/mol. The maximum Gasteiger partial charge on any atom is 0.187 e. The molecule has 2 aromatic rings. The summed E-state index contributed by atoms with van der Waals surface area (Å²) < 4.78 is 25.9. The molecule has 0 N–H and O–H groups in total. The summed E-state index contributed by atoms with van der Waals surface area (Å²) in [6, 6.07) is 17.1. The van der Waals surface area contributed by atoms with E-state index < -0.39 is 14.6 Å². The Bertz CT molecular complexity index is 789. The Morgan fingerprint density at radius 1 is 1.00 bits per heavy atom. The Labute approximate surface area is 138 Å². The molecule has 1 atom stereocenters. The fourth-order valence-electron chi connectivity index (χ4n) is 3.26. The van der Waals surface area contributed by atoms with E-state index in [-0.39, 0.29) is 0 Å². The largest absolute Gasteiger partial charge is 0.223 e. The Morgan fingerprint density at radius 2 is 1.70 bits per heavy atom. The molecule has 0 aliphatic heterocycles. The van der Waals surface area contributed by atoms with Gasteiger partial charge in [-0.1, -0.05) is 60.2 Å². The third-order valence-electron chi connectivity index (χ3n) is 4.60. The highest BCUT2D eigenvalue weighted by atomic mass is 32.2. The molecule has 0 amide bonds. The molecule has 0 unspecified atom stereocenters. The fraction of sp³-hybridized carbons (Fsp3) is 0.300. The number of benzene rings is 2. The van der Waals surface area contributed by atoms with Crippen molar-refractivity contribution in [2.75, 3.05) is 0 Å². The highest BCUT2D eigenvalue weighted by molar-refractivity contribution is 7.93. The molecule has 2 aromatic carbocycles. The molecule has 0 radical (unpaired) electrons. The molecule has 0 spiro atoms. The van der Waals surface area contributed by atoms with E-state index in [0.717, 1.165) is 24.0 Å². The van der Waals surface area contributed by atoms with Gasteiger partial charge >= 0.3 is 0 Å². The zero-order chi connectivity index (χ0) is 16.3. The molecule has 1 aliphatic rings. The van der Waals surface area contributed by atoms with Crippen LogP contribution in [0.2, 0.25) is 0 Å². The molecule has 3 rings (SSSR count). The molecule has 120 valence electrons. The number of hydrogen-bond acceptors (Lipinski definition) is 2. The van der Waals surface area contributed by atoms with Crippen LogP contribution in [0.25, 0.3) is 0 Å². The first-order valence-electron chi connectivity index (χ1n) is 8.06. The molecule has 0 saturated carbocycles. The maximum absolute atomic E-state index is 13.4. The second kappa shape index (κ2) is 6.32. The van der Waals surface area contributed by atoms with E-state index in [1.807, 2.05) is 61.5 Å². The van der Waals surface area contributed by atoms with E-state index in [2.05, 4.69) is 0 Å². The monoisotopic (exact) mass is 326 g/mol. The van der Waals surface area contributed by atoms with Crippen LogP contribution in [0.5, 0.6) is 0 Å². The predicted octanol–water partition coefficient (Wildman–Crippen LogP) is 4.49. The van der Waals surface area contributed by atoms with Crippen LogP contribution >= 0.6 is 0 Å². The average molecular weight is 326 g/mol. The van der Waals surface area contributed by atoms with Gasteiger partial charge in [-0.2, -0.15) is 0 Å².